The third kappa shape index (κ3) is 16.0. The summed E-state index contributed by atoms with van der Waals surface area (Å²) in [6.45, 7) is 29.0. The molecule has 4 heterocycles. The van der Waals surface area contributed by atoms with Crippen LogP contribution in [0.1, 0.15) is 108 Å². The van der Waals surface area contributed by atoms with Crippen LogP contribution in [0.3, 0.4) is 0 Å². The van der Waals surface area contributed by atoms with Crippen LogP contribution in [0.5, 0.6) is 28.7 Å². The van der Waals surface area contributed by atoms with Gasteiger partial charge in [0.2, 0.25) is 0 Å². The maximum atomic E-state index is 12.8. The normalized spacial score (nSPS) is 15.1. The highest BCUT2D eigenvalue weighted by atomic mass is 32.2. The number of phenols is 4. The van der Waals surface area contributed by atoms with Crippen LogP contribution in [0.25, 0.3) is 34.2 Å². The highest BCUT2D eigenvalue weighted by molar-refractivity contribution is 7.99. The monoisotopic (exact) mass is 1140 g/mol. The molecule has 2 aliphatic rings. The second-order valence-corrected chi connectivity index (χ2v) is 26.2. The van der Waals surface area contributed by atoms with Crippen molar-refractivity contribution >= 4 is 24.4 Å². The summed E-state index contributed by atoms with van der Waals surface area (Å²) in [5.41, 5.74) is 6.33. The van der Waals surface area contributed by atoms with Crippen molar-refractivity contribution in [3.63, 3.8) is 0 Å². The molecule has 0 spiro atoms. The number of aromatic amines is 2. The van der Waals surface area contributed by atoms with Gasteiger partial charge >= 0.3 is 11.4 Å². The number of thioether (sulfide) groups is 1. The first-order chi connectivity index (χ1) is 38.5. The van der Waals surface area contributed by atoms with Gasteiger partial charge in [-0.3, -0.25) is 9.80 Å². The summed E-state index contributed by atoms with van der Waals surface area (Å²) in [6.07, 6.45) is 2.22. The first kappa shape index (κ1) is 60.6. The molecule has 81 heavy (non-hydrogen) atoms. The number of rotatable bonds is 20. The first-order valence-electron chi connectivity index (χ1n) is 28.1. The number of aromatic hydroxyl groups is 4. The molecule has 17 nitrogen and oxygen atoms in total. The van der Waals surface area contributed by atoms with E-state index in [2.05, 4.69) is 92.5 Å². The van der Waals surface area contributed by atoms with Gasteiger partial charge in [-0.15, -0.1) is 0 Å². The van der Waals surface area contributed by atoms with Gasteiger partial charge in [0, 0.05) is 92.8 Å². The molecule has 0 atom stereocenters. The molecule has 2 aromatic heterocycles. The fraction of sp³-hybridized carbons (Fsp3) is 0.452. The molecule has 7 aromatic rings. The number of piperazine rings is 2. The van der Waals surface area contributed by atoms with Gasteiger partial charge in [0.05, 0.1) is 29.6 Å². The fourth-order valence-electron chi connectivity index (χ4n) is 10.2. The summed E-state index contributed by atoms with van der Waals surface area (Å²) in [6, 6.07) is 30.1. The molecule has 0 bridgehead atoms. The van der Waals surface area contributed by atoms with E-state index in [4.69, 9.17) is 4.74 Å². The Morgan fingerprint density at radius 1 is 0.556 bits per heavy atom. The van der Waals surface area contributed by atoms with Crippen molar-refractivity contribution in [2.45, 2.75) is 108 Å². The van der Waals surface area contributed by atoms with Crippen LogP contribution >= 0.6 is 24.4 Å². The minimum absolute atomic E-state index is 0.0180. The summed E-state index contributed by atoms with van der Waals surface area (Å²) >= 11 is 6.65. The minimum atomic E-state index is -0.394. The topological polar surface area (TPSA) is 204 Å². The largest absolute Gasteiger partial charge is 0.508 e. The van der Waals surface area contributed by atoms with E-state index in [9.17, 15) is 30.0 Å². The lowest BCUT2D eigenvalue weighted by Gasteiger charge is -2.36. The van der Waals surface area contributed by atoms with Crippen molar-refractivity contribution in [1.29, 1.82) is 0 Å². The Morgan fingerprint density at radius 2 is 0.938 bits per heavy atom. The van der Waals surface area contributed by atoms with E-state index in [0.29, 0.717) is 45.3 Å². The third-order valence-corrected chi connectivity index (χ3v) is 17.0. The summed E-state index contributed by atoms with van der Waals surface area (Å²) in [4.78, 5) is 35.4. The SMILES string of the molecule is CC(C)c1cc(-c2n[nH]c(=O)n2-c2ccc(CN3CCN(CCC(C)(C)S)CC3)cc2)c(O)cc1O.COc1ccc(CSC(C)(C)CCN2CCN(Cc3ccc(-n4c(-c5cc(C(C)C)c(O)cc5O)n[nH]c4=O)cc3)CC2)cc1. The number of aromatic nitrogens is 6. The third-order valence-electron chi connectivity index (χ3n) is 15.4. The molecule has 2 aliphatic heterocycles. The molecule has 9 rings (SSSR count). The molecule has 0 aliphatic carbocycles. The number of hydrogen-bond donors (Lipinski definition) is 7. The predicted octanol–water partition coefficient (Wildman–Crippen LogP) is 9.97. The highest BCUT2D eigenvalue weighted by Gasteiger charge is 2.26. The molecule has 5 aromatic carbocycles. The van der Waals surface area contributed by atoms with Gasteiger partial charge in [0.25, 0.3) is 0 Å². The molecule has 434 valence electrons. The summed E-state index contributed by atoms with van der Waals surface area (Å²) in [5, 5.41) is 54.9. The number of ether oxygens (including phenoxy) is 1. The molecule has 0 radical (unpaired) electrons. The number of benzene rings is 5. The average Bonchev–Trinajstić information content (AvgIpc) is 4.21. The smallest absolute Gasteiger partial charge is 0.348 e. The predicted molar refractivity (Wildman–Crippen MR) is 328 cm³/mol. The van der Waals surface area contributed by atoms with Gasteiger partial charge in [-0.2, -0.15) is 34.6 Å². The summed E-state index contributed by atoms with van der Waals surface area (Å²) in [5.74, 6) is 2.33. The second-order valence-electron chi connectivity index (χ2n) is 23.3. The van der Waals surface area contributed by atoms with Crippen LogP contribution < -0.4 is 16.1 Å². The number of hydrogen-bond acceptors (Lipinski definition) is 15. The zero-order chi connectivity index (χ0) is 58.2. The number of phenolic OH excluding ortho intramolecular Hbond substituents is 4. The van der Waals surface area contributed by atoms with Gasteiger partial charge in [0.15, 0.2) is 11.6 Å². The van der Waals surface area contributed by atoms with Crippen LogP contribution in [-0.4, -0.2) is 152 Å². The van der Waals surface area contributed by atoms with Gasteiger partial charge in [0.1, 0.15) is 28.7 Å². The van der Waals surface area contributed by atoms with E-state index in [1.54, 1.807) is 19.2 Å². The maximum absolute atomic E-state index is 12.8. The standard InChI is InChI=1S/C35H45N5O4S.C27H37N5O3S/c1-24(2)29-20-30(32(42)21-31(29)41)33-36-37-34(43)40(33)27-10-6-25(7-11-27)22-39-18-16-38(17-19-39)15-14-35(3,4)45-23-26-8-12-28(44-5)13-9-26;1-18(2)21-15-22(24(34)16-23(21)33)25-28-29-26(35)32(25)20-7-5-19(6-8-20)17-31-13-11-30(12-14-31)10-9-27(3,4)36/h6-13,20-21,24,41-42H,14-19,22-23H2,1-5H3,(H,37,43);5-8,15-16,18,33-34,36H,9-14,17H2,1-4H3,(H,29,35). The van der Waals surface area contributed by atoms with E-state index < -0.39 is 11.4 Å². The Morgan fingerprint density at radius 3 is 1.32 bits per heavy atom. The average molecular weight is 1140 g/mol. The fourth-order valence-corrected chi connectivity index (χ4v) is 11.3. The number of nitrogens with one attached hydrogen (secondary N) is 2. The number of nitrogens with zero attached hydrogens (tertiary/aromatic N) is 8. The van der Waals surface area contributed by atoms with Crippen molar-refractivity contribution < 1.29 is 25.2 Å². The molecule has 19 heteroatoms. The van der Waals surface area contributed by atoms with Gasteiger partial charge in [-0.05, 0) is 114 Å². The van der Waals surface area contributed by atoms with Crippen molar-refractivity contribution in [3.8, 4) is 62.9 Å². The lowest BCUT2D eigenvalue weighted by atomic mass is 9.98. The number of thiol groups is 1. The number of H-pyrrole nitrogens is 2. The quantitative estimate of drug-likeness (QED) is 0.0355. The van der Waals surface area contributed by atoms with Gasteiger partial charge in [-0.25, -0.2) is 28.9 Å². The lowest BCUT2D eigenvalue weighted by molar-refractivity contribution is 0.124. The van der Waals surface area contributed by atoms with Crippen LogP contribution in [0, 0.1) is 0 Å². The summed E-state index contributed by atoms with van der Waals surface area (Å²) < 4.78 is 8.44. The molecular formula is C62H82N10O7S2. The zero-order valence-electron chi connectivity index (χ0n) is 48.4. The van der Waals surface area contributed by atoms with Crippen molar-refractivity contribution in [1.82, 2.24) is 49.1 Å². The highest BCUT2D eigenvalue weighted by Crippen LogP contribution is 2.39. The molecule has 0 saturated carbocycles. The van der Waals surface area contributed by atoms with Crippen molar-refractivity contribution in [2.75, 3.05) is 72.6 Å². The van der Waals surface area contributed by atoms with E-state index in [1.165, 1.54) is 38.0 Å². The van der Waals surface area contributed by atoms with Crippen LogP contribution in [-0.2, 0) is 18.8 Å². The van der Waals surface area contributed by atoms with Crippen LogP contribution in [0.2, 0.25) is 0 Å². The zero-order valence-corrected chi connectivity index (χ0v) is 50.2. The Balaban J connectivity index is 0.000000218. The first-order valence-corrected chi connectivity index (χ1v) is 29.5. The lowest BCUT2D eigenvalue weighted by Crippen LogP contribution is -2.46. The minimum Gasteiger partial charge on any atom is -0.508 e. The Kier molecular flexibility index (Phi) is 19.9. The van der Waals surface area contributed by atoms with E-state index >= 15 is 0 Å². The molecule has 0 unspecified atom stereocenters. The van der Waals surface area contributed by atoms with Crippen LogP contribution in [0.15, 0.2) is 107 Å². The van der Waals surface area contributed by atoms with Crippen LogP contribution in [0.4, 0.5) is 0 Å². The molecular weight excluding hydrogens is 1060 g/mol. The second kappa shape index (κ2) is 26.6. The Labute approximate surface area is 486 Å². The molecule has 2 saturated heterocycles. The van der Waals surface area contributed by atoms with Gasteiger partial charge < -0.3 is 35.0 Å². The van der Waals surface area contributed by atoms with E-state index in [1.807, 2.05) is 100 Å². The summed E-state index contributed by atoms with van der Waals surface area (Å²) in [7, 11) is 1.70. The molecule has 6 N–H and O–H groups in total. The van der Waals surface area contributed by atoms with E-state index in [0.717, 1.165) is 103 Å². The van der Waals surface area contributed by atoms with Crippen molar-refractivity contribution in [2.24, 2.45) is 0 Å². The Bertz CT molecular complexity index is 3290. The molecule has 0 amide bonds. The molecule has 2 fully saturated rings. The maximum Gasteiger partial charge on any atom is 0.348 e. The number of methoxy groups -OCH3 is 1. The Hall–Kier alpha value is -6.48. The van der Waals surface area contributed by atoms with E-state index in [-0.39, 0.29) is 44.3 Å². The van der Waals surface area contributed by atoms with Gasteiger partial charge in [-0.1, -0.05) is 91.8 Å². The van der Waals surface area contributed by atoms with Crippen molar-refractivity contribution in [3.05, 3.63) is 146 Å².